The summed E-state index contributed by atoms with van der Waals surface area (Å²) in [6.07, 6.45) is 0.529. The van der Waals surface area contributed by atoms with Crippen molar-refractivity contribution in [1.82, 2.24) is 15.2 Å². The lowest BCUT2D eigenvalue weighted by Crippen LogP contribution is -2.47. The van der Waals surface area contributed by atoms with Gasteiger partial charge < -0.3 is 10.2 Å². The number of carbonyl (C=O) groups excluding carboxylic acids is 2. The zero-order valence-corrected chi connectivity index (χ0v) is 14.0. The van der Waals surface area contributed by atoms with Crippen LogP contribution in [-0.2, 0) is 4.79 Å². The van der Waals surface area contributed by atoms with E-state index >= 15 is 0 Å². The van der Waals surface area contributed by atoms with E-state index in [1.807, 2.05) is 13.8 Å². The molecular weight excluding hydrogens is 313 g/mol. The van der Waals surface area contributed by atoms with Crippen molar-refractivity contribution in [3.8, 4) is 0 Å². The van der Waals surface area contributed by atoms with E-state index in [0.29, 0.717) is 6.42 Å². The molecule has 1 heterocycles. The summed E-state index contributed by atoms with van der Waals surface area (Å²) in [6, 6.07) is 2.37. The summed E-state index contributed by atoms with van der Waals surface area (Å²) in [6.45, 7) is 3.96. The van der Waals surface area contributed by atoms with Gasteiger partial charge in [0.15, 0.2) is 0 Å². The standard InChI is InChI=1S/C14H19Cl2N3O2/c1-8(2)7-10(14(21)19(3)4)17-13(20)12-9(15)5-6-11(16)18-12/h5-6,8,10H,7H2,1-4H3,(H,17,20). The molecule has 21 heavy (non-hydrogen) atoms. The molecule has 0 aliphatic heterocycles. The van der Waals surface area contributed by atoms with Crippen molar-refractivity contribution in [3.05, 3.63) is 28.0 Å². The third kappa shape index (κ3) is 5.17. The van der Waals surface area contributed by atoms with Gasteiger partial charge in [-0.1, -0.05) is 37.0 Å². The molecule has 1 aromatic rings. The van der Waals surface area contributed by atoms with Crippen LogP contribution in [0.1, 0.15) is 30.8 Å². The van der Waals surface area contributed by atoms with Crippen molar-refractivity contribution in [1.29, 1.82) is 0 Å². The largest absolute Gasteiger partial charge is 0.347 e. The number of halogens is 2. The lowest BCUT2D eigenvalue weighted by molar-refractivity contribution is -0.131. The summed E-state index contributed by atoms with van der Waals surface area (Å²) >= 11 is 11.7. The molecule has 1 aromatic heterocycles. The minimum Gasteiger partial charge on any atom is -0.347 e. The summed E-state index contributed by atoms with van der Waals surface area (Å²) < 4.78 is 0. The van der Waals surface area contributed by atoms with Crippen LogP contribution in [0.2, 0.25) is 10.2 Å². The molecule has 0 aromatic carbocycles. The summed E-state index contributed by atoms with van der Waals surface area (Å²) in [5.41, 5.74) is 0.0180. The number of hydrogen-bond donors (Lipinski definition) is 1. The van der Waals surface area contributed by atoms with Crippen LogP contribution in [0.25, 0.3) is 0 Å². The van der Waals surface area contributed by atoms with Crippen LogP contribution in [0.15, 0.2) is 12.1 Å². The number of aromatic nitrogens is 1. The Labute approximate surface area is 134 Å². The number of carbonyl (C=O) groups is 2. The zero-order chi connectivity index (χ0) is 16.2. The Hall–Kier alpha value is -1.33. The summed E-state index contributed by atoms with van der Waals surface area (Å²) in [5.74, 6) is -0.430. The van der Waals surface area contributed by atoms with Crippen molar-refractivity contribution < 1.29 is 9.59 Å². The Balaban J connectivity index is 2.94. The van der Waals surface area contributed by atoms with E-state index < -0.39 is 11.9 Å². The van der Waals surface area contributed by atoms with Crippen molar-refractivity contribution in [2.24, 2.45) is 5.92 Å². The lowest BCUT2D eigenvalue weighted by Gasteiger charge is -2.23. The van der Waals surface area contributed by atoms with Gasteiger partial charge in [0.1, 0.15) is 16.9 Å². The zero-order valence-electron chi connectivity index (χ0n) is 12.5. The van der Waals surface area contributed by atoms with E-state index in [0.717, 1.165) is 0 Å². The highest BCUT2D eigenvalue weighted by atomic mass is 35.5. The fourth-order valence-corrected chi connectivity index (χ4v) is 2.15. The van der Waals surface area contributed by atoms with Crippen LogP contribution in [0, 0.1) is 5.92 Å². The van der Waals surface area contributed by atoms with E-state index in [1.165, 1.54) is 17.0 Å². The van der Waals surface area contributed by atoms with E-state index in [9.17, 15) is 9.59 Å². The summed E-state index contributed by atoms with van der Waals surface area (Å²) in [5, 5.41) is 3.04. The molecule has 1 N–H and O–H groups in total. The first-order chi connectivity index (χ1) is 9.72. The van der Waals surface area contributed by atoms with Gasteiger partial charge in [0.05, 0.1) is 5.02 Å². The number of hydrogen-bond acceptors (Lipinski definition) is 3. The van der Waals surface area contributed by atoms with Gasteiger partial charge in [0.25, 0.3) is 5.91 Å². The molecule has 116 valence electrons. The first-order valence-electron chi connectivity index (χ1n) is 6.56. The van der Waals surface area contributed by atoms with Crippen molar-refractivity contribution in [3.63, 3.8) is 0 Å². The number of rotatable bonds is 5. The quantitative estimate of drug-likeness (QED) is 0.843. The maximum atomic E-state index is 12.2. The van der Waals surface area contributed by atoms with Gasteiger partial charge >= 0.3 is 0 Å². The number of nitrogens with zero attached hydrogens (tertiary/aromatic N) is 2. The predicted molar refractivity (Wildman–Crippen MR) is 83.7 cm³/mol. The minimum atomic E-state index is -0.621. The highest BCUT2D eigenvalue weighted by Crippen LogP contribution is 2.17. The first-order valence-corrected chi connectivity index (χ1v) is 7.32. The Morgan fingerprint density at radius 2 is 1.90 bits per heavy atom. The molecule has 2 amide bonds. The summed E-state index contributed by atoms with van der Waals surface area (Å²) in [7, 11) is 3.29. The molecule has 0 saturated carbocycles. The molecule has 0 bridgehead atoms. The first kappa shape index (κ1) is 17.7. The normalized spacial score (nSPS) is 12.1. The second-order valence-electron chi connectivity index (χ2n) is 5.35. The predicted octanol–water partition coefficient (Wildman–Crippen LogP) is 2.62. The van der Waals surface area contributed by atoms with Crippen LogP contribution in [0.3, 0.4) is 0 Å². The van der Waals surface area contributed by atoms with E-state index in [1.54, 1.807) is 14.1 Å². The average Bonchev–Trinajstić information content (AvgIpc) is 2.39. The molecule has 0 saturated heterocycles. The van der Waals surface area contributed by atoms with Gasteiger partial charge in [-0.15, -0.1) is 0 Å². The third-order valence-electron chi connectivity index (χ3n) is 2.78. The van der Waals surface area contributed by atoms with Crippen LogP contribution in [0.5, 0.6) is 0 Å². The molecule has 0 radical (unpaired) electrons. The van der Waals surface area contributed by atoms with Gasteiger partial charge in [-0.3, -0.25) is 9.59 Å². The van der Waals surface area contributed by atoms with E-state index in [-0.39, 0.29) is 27.7 Å². The topological polar surface area (TPSA) is 62.3 Å². The molecule has 0 aliphatic rings. The third-order valence-corrected chi connectivity index (χ3v) is 3.29. The second-order valence-corrected chi connectivity index (χ2v) is 6.15. The Bertz CT molecular complexity index is 533. The van der Waals surface area contributed by atoms with E-state index in [4.69, 9.17) is 23.2 Å². The van der Waals surface area contributed by atoms with Crippen LogP contribution in [0.4, 0.5) is 0 Å². The van der Waals surface area contributed by atoms with Crippen molar-refractivity contribution in [2.45, 2.75) is 26.3 Å². The Morgan fingerprint density at radius 1 is 1.29 bits per heavy atom. The molecular formula is C14H19Cl2N3O2. The maximum Gasteiger partial charge on any atom is 0.272 e. The monoisotopic (exact) mass is 331 g/mol. The average molecular weight is 332 g/mol. The van der Waals surface area contributed by atoms with Gasteiger partial charge in [-0.2, -0.15) is 0 Å². The molecule has 1 atom stereocenters. The Morgan fingerprint density at radius 3 is 2.43 bits per heavy atom. The Kier molecular flexibility index (Phi) is 6.42. The number of pyridine rings is 1. The molecule has 0 spiro atoms. The molecule has 5 nitrogen and oxygen atoms in total. The van der Waals surface area contributed by atoms with Crippen molar-refractivity contribution >= 4 is 35.0 Å². The van der Waals surface area contributed by atoms with Gasteiger partial charge in [-0.05, 0) is 24.5 Å². The molecule has 0 aliphatic carbocycles. The van der Waals surface area contributed by atoms with E-state index in [2.05, 4.69) is 10.3 Å². The number of nitrogens with one attached hydrogen (secondary N) is 1. The highest BCUT2D eigenvalue weighted by Gasteiger charge is 2.25. The number of likely N-dealkylation sites (N-methyl/N-ethyl adjacent to an activating group) is 1. The van der Waals surface area contributed by atoms with Crippen LogP contribution < -0.4 is 5.32 Å². The molecule has 1 unspecified atom stereocenters. The SMILES string of the molecule is CC(C)CC(NC(=O)c1nc(Cl)ccc1Cl)C(=O)N(C)C. The van der Waals surface area contributed by atoms with Gasteiger partial charge in [0.2, 0.25) is 5.91 Å². The smallest absolute Gasteiger partial charge is 0.272 e. The van der Waals surface area contributed by atoms with Crippen LogP contribution >= 0.6 is 23.2 Å². The molecule has 7 heteroatoms. The number of amides is 2. The lowest BCUT2D eigenvalue weighted by atomic mass is 10.0. The van der Waals surface area contributed by atoms with Crippen LogP contribution in [-0.4, -0.2) is 41.8 Å². The second kappa shape index (κ2) is 7.61. The fourth-order valence-electron chi connectivity index (χ4n) is 1.81. The minimum absolute atomic E-state index is 0.0180. The van der Waals surface area contributed by atoms with Gasteiger partial charge in [0, 0.05) is 14.1 Å². The highest BCUT2D eigenvalue weighted by molar-refractivity contribution is 6.34. The fraction of sp³-hybridized carbons (Fsp3) is 0.500. The van der Waals surface area contributed by atoms with Crippen molar-refractivity contribution in [2.75, 3.05) is 14.1 Å². The van der Waals surface area contributed by atoms with Gasteiger partial charge in [-0.25, -0.2) is 4.98 Å². The molecule has 0 fully saturated rings. The molecule has 1 rings (SSSR count). The maximum absolute atomic E-state index is 12.2. The summed E-state index contributed by atoms with van der Waals surface area (Å²) in [4.78, 5) is 29.7.